The van der Waals surface area contributed by atoms with Crippen molar-refractivity contribution in [1.29, 1.82) is 0 Å². The van der Waals surface area contributed by atoms with Gasteiger partial charge in [-0.3, -0.25) is 0 Å². The van der Waals surface area contributed by atoms with Gasteiger partial charge in [0.05, 0.1) is 5.69 Å². The number of aryl methyl sites for hydroxylation is 1. The maximum atomic E-state index is 9.08. The Hall–Kier alpha value is -1.77. The Bertz CT molecular complexity index is 417. The van der Waals surface area contributed by atoms with Crippen LogP contribution in [0.4, 0.5) is 0 Å². The number of nitrogens with zero attached hydrogens (tertiary/aromatic N) is 2. The lowest BCUT2D eigenvalue weighted by Gasteiger charge is -2.01. The molecule has 72 valence electrons. The van der Waals surface area contributed by atoms with Crippen LogP contribution in [-0.4, -0.2) is 14.9 Å². The van der Waals surface area contributed by atoms with Crippen LogP contribution in [-0.2, 0) is 6.42 Å². The van der Waals surface area contributed by atoms with Gasteiger partial charge in [0, 0.05) is 12.3 Å². The van der Waals surface area contributed by atoms with Gasteiger partial charge in [0.2, 0.25) is 5.88 Å². The number of rotatable bonds is 2. The van der Waals surface area contributed by atoms with Gasteiger partial charge < -0.3 is 5.11 Å². The van der Waals surface area contributed by atoms with Crippen LogP contribution >= 0.6 is 0 Å². The molecule has 0 saturated heterocycles. The first-order valence-electron chi connectivity index (χ1n) is 4.63. The third-order valence-electron chi connectivity index (χ3n) is 2.18. The standard InChI is InChI=1S/C11H12N2O/c1-2-9-3-5-10(6-4-9)13-8-7-11(14)12-13/h3-8H,2H2,1H3,(H,12,14). The number of hydrogen-bond donors (Lipinski definition) is 1. The predicted octanol–water partition coefficient (Wildman–Crippen LogP) is 2.14. The number of aromatic hydroxyl groups is 1. The Balaban J connectivity index is 2.33. The van der Waals surface area contributed by atoms with Crippen LogP contribution in [0.25, 0.3) is 5.69 Å². The summed E-state index contributed by atoms with van der Waals surface area (Å²) in [7, 11) is 0. The summed E-state index contributed by atoms with van der Waals surface area (Å²) in [5.41, 5.74) is 2.26. The zero-order chi connectivity index (χ0) is 9.97. The van der Waals surface area contributed by atoms with E-state index in [-0.39, 0.29) is 5.88 Å². The summed E-state index contributed by atoms with van der Waals surface area (Å²) in [5, 5.41) is 13.0. The van der Waals surface area contributed by atoms with Crippen LogP contribution in [0, 0.1) is 0 Å². The van der Waals surface area contributed by atoms with Crippen molar-refractivity contribution in [3.8, 4) is 11.6 Å². The summed E-state index contributed by atoms with van der Waals surface area (Å²) in [5.74, 6) is 0.0459. The van der Waals surface area contributed by atoms with E-state index in [1.54, 1.807) is 16.9 Å². The molecule has 0 bridgehead atoms. The molecule has 2 rings (SSSR count). The molecule has 0 spiro atoms. The van der Waals surface area contributed by atoms with Crippen LogP contribution in [0.2, 0.25) is 0 Å². The summed E-state index contributed by atoms with van der Waals surface area (Å²) < 4.78 is 1.65. The van der Waals surface area contributed by atoms with Crippen molar-refractivity contribution in [2.45, 2.75) is 13.3 Å². The van der Waals surface area contributed by atoms with Crippen molar-refractivity contribution in [3.63, 3.8) is 0 Å². The van der Waals surface area contributed by atoms with E-state index in [2.05, 4.69) is 24.2 Å². The van der Waals surface area contributed by atoms with Gasteiger partial charge in [0.1, 0.15) is 0 Å². The average molecular weight is 188 g/mol. The molecule has 0 unspecified atom stereocenters. The van der Waals surface area contributed by atoms with Crippen molar-refractivity contribution < 1.29 is 5.11 Å². The fraction of sp³-hybridized carbons (Fsp3) is 0.182. The molecule has 0 fully saturated rings. The van der Waals surface area contributed by atoms with E-state index in [1.807, 2.05) is 12.1 Å². The molecular formula is C11H12N2O. The molecule has 1 aromatic carbocycles. The highest BCUT2D eigenvalue weighted by Gasteiger charge is 1.98. The molecule has 0 saturated carbocycles. The minimum atomic E-state index is 0.0459. The van der Waals surface area contributed by atoms with Crippen LogP contribution in [0.15, 0.2) is 36.5 Å². The summed E-state index contributed by atoms with van der Waals surface area (Å²) in [6.45, 7) is 2.12. The lowest BCUT2D eigenvalue weighted by atomic mass is 10.1. The van der Waals surface area contributed by atoms with E-state index in [4.69, 9.17) is 5.11 Å². The van der Waals surface area contributed by atoms with Gasteiger partial charge >= 0.3 is 0 Å². The topological polar surface area (TPSA) is 38.0 Å². The van der Waals surface area contributed by atoms with Crippen molar-refractivity contribution in [3.05, 3.63) is 42.1 Å². The molecule has 1 N–H and O–H groups in total. The normalized spacial score (nSPS) is 10.4. The van der Waals surface area contributed by atoms with Crippen molar-refractivity contribution >= 4 is 0 Å². The number of benzene rings is 1. The molecule has 0 radical (unpaired) electrons. The molecule has 0 aliphatic heterocycles. The molecule has 14 heavy (non-hydrogen) atoms. The molecular weight excluding hydrogens is 176 g/mol. The maximum absolute atomic E-state index is 9.08. The van der Waals surface area contributed by atoms with Gasteiger partial charge in [-0.2, -0.15) is 0 Å². The second kappa shape index (κ2) is 3.54. The fourth-order valence-electron chi connectivity index (χ4n) is 1.34. The van der Waals surface area contributed by atoms with Crippen molar-refractivity contribution in [1.82, 2.24) is 9.78 Å². The highest BCUT2D eigenvalue weighted by atomic mass is 16.3. The summed E-state index contributed by atoms with van der Waals surface area (Å²) in [6, 6.07) is 9.67. The SMILES string of the molecule is CCc1ccc(-n2ccc(O)n2)cc1. The van der Waals surface area contributed by atoms with E-state index in [0.29, 0.717) is 0 Å². The van der Waals surface area contributed by atoms with Crippen LogP contribution < -0.4 is 0 Å². The first-order valence-corrected chi connectivity index (χ1v) is 4.63. The third-order valence-corrected chi connectivity index (χ3v) is 2.18. The molecule has 2 aromatic rings. The molecule has 1 heterocycles. The van der Waals surface area contributed by atoms with Crippen molar-refractivity contribution in [2.24, 2.45) is 0 Å². The summed E-state index contributed by atoms with van der Waals surface area (Å²) in [6.07, 6.45) is 2.76. The van der Waals surface area contributed by atoms with E-state index >= 15 is 0 Å². The Morgan fingerprint density at radius 2 is 1.93 bits per heavy atom. The summed E-state index contributed by atoms with van der Waals surface area (Å²) in [4.78, 5) is 0. The maximum Gasteiger partial charge on any atom is 0.230 e. The molecule has 3 heteroatoms. The van der Waals surface area contributed by atoms with E-state index in [0.717, 1.165) is 12.1 Å². The zero-order valence-corrected chi connectivity index (χ0v) is 8.01. The average Bonchev–Trinajstić information content (AvgIpc) is 2.65. The van der Waals surface area contributed by atoms with Gasteiger partial charge in [0.25, 0.3) is 0 Å². The molecule has 3 nitrogen and oxygen atoms in total. The van der Waals surface area contributed by atoms with E-state index < -0.39 is 0 Å². The quantitative estimate of drug-likeness (QED) is 0.784. The van der Waals surface area contributed by atoms with Crippen molar-refractivity contribution in [2.75, 3.05) is 0 Å². The number of aromatic nitrogens is 2. The molecule has 1 aromatic heterocycles. The minimum Gasteiger partial charge on any atom is -0.492 e. The minimum absolute atomic E-state index is 0.0459. The van der Waals surface area contributed by atoms with Gasteiger partial charge in [-0.15, -0.1) is 5.10 Å². The Morgan fingerprint density at radius 1 is 1.21 bits per heavy atom. The lowest BCUT2D eigenvalue weighted by molar-refractivity contribution is 0.448. The van der Waals surface area contributed by atoms with Crippen LogP contribution in [0.3, 0.4) is 0 Å². The second-order valence-electron chi connectivity index (χ2n) is 3.14. The first-order chi connectivity index (χ1) is 6.79. The summed E-state index contributed by atoms with van der Waals surface area (Å²) >= 11 is 0. The van der Waals surface area contributed by atoms with Gasteiger partial charge in [-0.25, -0.2) is 4.68 Å². The first kappa shape index (κ1) is 8.81. The highest BCUT2D eigenvalue weighted by Crippen LogP contribution is 2.11. The second-order valence-corrected chi connectivity index (χ2v) is 3.14. The Morgan fingerprint density at radius 3 is 2.43 bits per heavy atom. The number of hydrogen-bond acceptors (Lipinski definition) is 2. The zero-order valence-electron chi connectivity index (χ0n) is 8.01. The molecule has 0 aliphatic rings. The molecule has 0 amide bonds. The van der Waals surface area contributed by atoms with E-state index in [9.17, 15) is 0 Å². The monoisotopic (exact) mass is 188 g/mol. The molecule has 0 atom stereocenters. The lowest BCUT2D eigenvalue weighted by Crippen LogP contribution is -1.94. The Labute approximate surface area is 82.6 Å². The largest absolute Gasteiger partial charge is 0.492 e. The Kier molecular flexibility index (Phi) is 2.23. The van der Waals surface area contributed by atoms with Crippen LogP contribution in [0.1, 0.15) is 12.5 Å². The predicted molar refractivity (Wildman–Crippen MR) is 54.6 cm³/mol. The third kappa shape index (κ3) is 1.62. The van der Waals surface area contributed by atoms with Crippen LogP contribution in [0.5, 0.6) is 5.88 Å². The van der Waals surface area contributed by atoms with Gasteiger partial charge in [-0.05, 0) is 24.1 Å². The smallest absolute Gasteiger partial charge is 0.230 e. The fourth-order valence-corrected chi connectivity index (χ4v) is 1.34. The van der Waals surface area contributed by atoms with E-state index in [1.165, 1.54) is 5.56 Å². The van der Waals surface area contributed by atoms with Gasteiger partial charge in [0.15, 0.2) is 0 Å². The highest BCUT2D eigenvalue weighted by molar-refractivity contribution is 5.34. The molecule has 0 aliphatic carbocycles. The van der Waals surface area contributed by atoms with Gasteiger partial charge in [-0.1, -0.05) is 19.1 Å².